The maximum absolute atomic E-state index is 12.8. The molecule has 8 heteroatoms. The van der Waals surface area contributed by atoms with Gasteiger partial charge in [0.05, 0.1) is 17.1 Å². The fourth-order valence-corrected chi connectivity index (χ4v) is 5.33. The van der Waals surface area contributed by atoms with Gasteiger partial charge in [-0.1, -0.05) is 12.8 Å². The molecule has 0 aliphatic carbocycles. The molecule has 0 atom stereocenters. The lowest BCUT2D eigenvalue weighted by atomic mass is 10.2. The van der Waals surface area contributed by atoms with Crippen molar-refractivity contribution in [2.45, 2.75) is 35.5 Å². The summed E-state index contributed by atoms with van der Waals surface area (Å²) in [5, 5.41) is 0. The number of nitrogens with zero attached hydrogens (tertiary/aromatic N) is 3. The molecule has 2 heterocycles. The molecule has 26 heavy (non-hydrogen) atoms. The number of hydrogen-bond acceptors (Lipinski definition) is 5. The molecule has 1 aromatic rings. The van der Waals surface area contributed by atoms with Gasteiger partial charge in [0.1, 0.15) is 0 Å². The number of anilines is 1. The minimum Gasteiger partial charge on any atom is -0.360 e. The van der Waals surface area contributed by atoms with Crippen molar-refractivity contribution in [1.82, 2.24) is 9.21 Å². The number of likely N-dealkylation sites (tertiary alicyclic amines) is 1. The molecule has 3 rings (SSSR count). The van der Waals surface area contributed by atoms with Crippen LogP contribution >= 0.6 is 11.8 Å². The highest BCUT2D eigenvalue weighted by molar-refractivity contribution is 7.99. The van der Waals surface area contributed by atoms with E-state index in [1.807, 2.05) is 15.9 Å². The molecule has 0 radical (unpaired) electrons. The number of rotatable bonds is 4. The maximum atomic E-state index is 12.8. The van der Waals surface area contributed by atoms with E-state index in [0.29, 0.717) is 6.54 Å². The molecule has 144 valence electrons. The molecule has 0 unspecified atom stereocenters. The Hall–Kier alpha value is -1.25. The van der Waals surface area contributed by atoms with Gasteiger partial charge >= 0.3 is 0 Å². The number of benzene rings is 1. The lowest BCUT2D eigenvalue weighted by Crippen LogP contribution is -2.42. The standard InChI is InChI=1S/C18H27N3O3S2/c1-19(2)26(23,24)15-7-8-17-16(13-15)21(11-12-25-17)14-18(22)20-9-5-3-4-6-10-20/h7-8,13H,3-6,9-12,14H2,1-2H3. The van der Waals surface area contributed by atoms with Gasteiger partial charge in [-0.25, -0.2) is 12.7 Å². The second-order valence-corrected chi connectivity index (χ2v) is 10.3. The Balaban J connectivity index is 1.82. The number of hydrogen-bond donors (Lipinski definition) is 0. The molecule has 1 amide bonds. The number of amides is 1. The normalized spacial score (nSPS) is 18.6. The summed E-state index contributed by atoms with van der Waals surface area (Å²) in [5.41, 5.74) is 0.854. The first-order valence-corrected chi connectivity index (χ1v) is 11.5. The lowest BCUT2D eigenvalue weighted by molar-refractivity contribution is -0.129. The molecule has 0 bridgehead atoms. The van der Waals surface area contributed by atoms with Crippen LogP contribution in [0.1, 0.15) is 25.7 Å². The van der Waals surface area contributed by atoms with Crippen LogP contribution in [0.5, 0.6) is 0 Å². The van der Waals surface area contributed by atoms with Gasteiger partial charge in [0.15, 0.2) is 0 Å². The quantitative estimate of drug-likeness (QED) is 0.780. The zero-order chi connectivity index (χ0) is 18.7. The number of sulfonamides is 1. The number of carbonyl (C=O) groups excluding carboxylic acids is 1. The van der Waals surface area contributed by atoms with Crippen LogP contribution in [-0.2, 0) is 14.8 Å². The van der Waals surface area contributed by atoms with Gasteiger partial charge in [0.2, 0.25) is 15.9 Å². The van der Waals surface area contributed by atoms with Gasteiger partial charge in [-0.15, -0.1) is 11.8 Å². The van der Waals surface area contributed by atoms with Crippen LogP contribution in [0.2, 0.25) is 0 Å². The fourth-order valence-electron chi connectivity index (χ4n) is 3.37. The Labute approximate surface area is 160 Å². The number of carbonyl (C=O) groups is 1. The lowest BCUT2D eigenvalue weighted by Gasteiger charge is -2.32. The monoisotopic (exact) mass is 397 g/mol. The van der Waals surface area contributed by atoms with E-state index in [2.05, 4.69) is 0 Å². The van der Waals surface area contributed by atoms with Crippen molar-refractivity contribution < 1.29 is 13.2 Å². The molecule has 2 aliphatic heterocycles. The summed E-state index contributed by atoms with van der Waals surface area (Å²) in [5.74, 6) is 1.05. The molecule has 2 aliphatic rings. The number of fused-ring (bicyclic) bond motifs is 1. The van der Waals surface area contributed by atoms with Crippen LogP contribution in [0, 0.1) is 0 Å². The molecule has 1 saturated heterocycles. The molecule has 0 aromatic heterocycles. The fraction of sp³-hybridized carbons (Fsp3) is 0.611. The van der Waals surface area contributed by atoms with Crippen LogP contribution in [0.4, 0.5) is 5.69 Å². The third-order valence-corrected chi connectivity index (χ3v) is 7.81. The van der Waals surface area contributed by atoms with E-state index in [9.17, 15) is 13.2 Å². The minimum absolute atomic E-state index is 0.144. The van der Waals surface area contributed by atoms with Crippen molar-refractivity contribution in [1.29, 1.82) is 0 Å². The molecule has 0 saturated carbocycles. The highest BCUT2D eigenvalue weighted by Gasteiger charge is 2.26. The Morgan fingerprint density at radius 2 is 1.81 bits per heavy atom. The summed E-state index contributed by atoms with van der Waals surface area (Å²) < 4.78 is 26.1. The van der Waals surface area contributed by atoms with Crippen molar-refractivity contribution in [3.05, 3.63) is 18.2 Å². The average molecular weight is 398 g/mol. The van der Waals surface area contributed by atoms with Crippen LogP contribution in [0.15, 0.2) is 28.0 Å². The Bertz CT molecular complexity index is 757. The van der Waals surface area contributed by atoms with Gasteiger partial charge in [0.25, 0.3) is 0 Å². The van der Waals surface area contributed by atoms with Gasteiger partial charge in [-0.2, -0.15) is 0 Å². The van der Waals surface area contributed by atoms with Crippen molar-refractivity contribution in [2.75, 3.05) is 50.9 Å². The molecular weight excluding hydrogens is 370 g/mol. The molecule has 0 spiro atoms. The van der Waals surface area contributed by atoms with E-state index in [1.54, 1.807) is 23.9 Å². The second kappa shape index (κ2) is 8.19. The van der Waals surface area contributed by atoms with Crippen molar-refractivity contribution in [3.8, 4) is 0 Å². The van der Waals surface area contributed by atoms with Gasteiger partial charge < -0.3 is 9.80 Å². The third kappa shape index (κ3) is 4.18. The first-order chi connectivity index (χ1) is 12.4. The average Bonchev–Trinajstić information content (AvgIpc) is 2.91. The van der Waals surface area contributed by atoms with E-state index >= 15 is 0 Å². The Morgan fingerprint density at radius 1 is 1.12 bits per heavy atom. The van der Waals surface area contributed by atoms with Crippen LogP contribution in [-0.4, -0.2) is 69.6 Å². The number of thioether (sulfide) groups is 1. The van der Waals surface area contributed by atoms with Gasteiger partial charge in [-0.3, -0.25) is 4.79 Å². The highest BCUT2D eigenvalue weighted by Crippen LogP contribution is 2.36. The Kier molecular flexibility index (Phi) is 6.14. The highest BCUT2D eigenvalue weighted by atomic mass is 32.2. The van der Waals surface area contributed by atoms with Crippen LogP contribution < -0.4 is 4.90 Å². The predicted octanol–water partition coefficient (Wildman–Crippen LogP) is 2.25. The predicted molar refractivity (Wildman–Crippen MR) is 105 cm³/mol. The van der Waals surface area contributed by atoms with E-state index < -0.39 is 10.0 Å². The topological polar surface area (TPSA) is 60.9 Å². The molecule has 1 fully saturated rings. The van der Waals surface area contributed by atoms with Crippen molar-refractivity contribution >= 4 is 33.4 Å². The first-order valence-electron chi connectivity index (χ1n) is 9.12. The first kappa shape index (κ1) is 19.5. The van der Waals surface area contributed by atoms with Crippen LogP contribution in [0.3, 0.4) is 0 Å². The van der Waals surface area contributed by atoms with Gasteiger partial charge in [0, 0.05) is 44.4 Å². The molecule has 1 aromatic carbocycles. The summed E-state index contributed by atoms with van der Waals surface area (Å²) >= 11 is 1.71. The zero-order valence-electron chi connectivity index (χ0n) is 15.5. The zero-order valence-corrected chi connectivity index (χ0v) is 17.1. The molecule has 0 N–H and O–H groups in total. The Morgan fingerprint density at radius 3 is 2.46 bits per heavy atom. The SMILES string of the molecule is CN(C)S(=O)(=O)c1ccc2c(c1)N(CC(=O)N1CCCCCC1)CCS2. The smallest absolute Gasteiger partial charge is 0.242 e. The van der Waals surface area contributed by atoms with E-state index in [4.69, 9.17) is 0 Å². The molecule has 6 nitrogen and oxygen atoms in total. The summed E-state index contributed by atoms with van der Waals surface area (Å²) in [7, 11) is -0.422. The summed E-state index contributed by atoms with van der Waals surface area (Å²) in [6.45, 7) is 2.74. The van der Waals surface area contributed by atoms with Crippen molar-refractivity contribution in [3.63, 3.8) is 0 Å². The molecular formula is C18H27N3O3S2. The van der Waals surface area contributed by atoms with Crippen LogP contribution in [0.25, 0.3) is 0 Å². The summed E-state index contributed by atoms with van der Waals surface area (Å²) in [4.78, 5) is 18.1. The summed E-state index contributed by atoms with van der Waals surface area (Å²) in [6, 6.07) is 5.23. The second-order valence-electron chi connectivity index (χ2n) is 6.98. The third-order valence-electron chi connectivity index (χ3n) is 4.95. The maximum Gasteiger partial charge on any atom is 0.242 e. The van der Waals surface area contributed by atoms with E-state index in [1.165, 1.54) is 31.2 Å². The van der Waals surface area contributed by atoms with Gasteiger partial charge in [-0.05, 0) is 31.0 Å². The minimum atomic E-state index is -3.49. The largest absolute Gasteiger partial charge is 0.360 e. The van der Waals surface area contributed by atoms with E-state index in [0.717, 1.165) is 48.8 Å². The summed E-state index contributed by atoms with van der Waals surface area (Å²) in [6.07, 6.45) is 4.53. The van der Waals surface area contributed by atoms with E-state index in [-0.39, 0.29) is 10.8 Å². The van der Waals surface area contributed by atoms with Crippen molar-refractivity contribution in [2.24, 2.45) is 0 Å².